The van der Waals surface area contributed by atoms with Gasteiger partial charge in [0.05, 0.1) is 22.0 Å². The Balaban J connectivity index is 1.72. The number of nitrogens with zero attached hydrogens (tertiary/aromatic N) is 7. The van der Waals surface area contributed by atoms with E-state index in [9.17, 15) is 43.5 Å². The van der Waals surface area contributed by atoms with Crippen molar-refractivity contribution in [1.29, 1.82) is 5.26 Å². The quantitative estimate of drug-likeness (QED) is 0.0604. The van der Waals surface area contributed by atoms with Crippen molar-refractivity contribution < 1.29 is 38.2 Å². The molecule has 20 nitrogen and oxygen atoms in total. The summed E-state index contributed by atoms with van der Waals surface area (Å²) in [5.74, 6) is -1.23. The molecule has 4 rings (SSSR count). The van der Waals surface area contributed by atoms with E-state index in [0.29, 0.717) is 5.69 Å². The van der Waals surface area contributed by atoms with Crippen molar-refractivity contribution in [2.75, 3.05) is 45.9 Å². The number of azo groups is 1. The highest BCUT2D eigenvalue weighted by Gasteiger charge is 2.21. The predicted molar refractivity (Wildman–Crippen MR) is 214 cm³/mol. The second kappa shape index (κ2) is 18.0. The highest BCUT2D eigenvalue weighted by molar-refractivity contribution is 7.94. The summed E-state index contributed by atoms with van der Waals surface area (Å²) in [4.78, 5) is 15.9. The Kier molecular flexibility index (Phi) is 13.8. The van der Waals surface area contributed by atoms with Gasteiger partial charge < -0.3 is 21.3 Å². The first-order chi connectivity index (χ1) is 26.7. The molecule has 2 aromatic carbocycles. The minimum atomic E-state index is -4.91. The van der Waals surface area contributed by atoms with Crippen LogP contribution >= 0.6 is 11.6 Å². The van der Waals surface area contributed by atoms with E-state index in [4.69, 9.17) is 11.6 Å². The van der Waals surface area contributed by atoms with Gasteiger partial charge in [-0.2, -0.15) is 28.6 Å². The van der Waals surface area contributed by atoms with Crippen LogP contribution in [0.3, 0.4) is 0 Å². The van der Waals surface area contributed by atoms with Crippen molar-refractivity contribution in [2.45, 2.75) is 16.7 Å². The zero-order valence-corrected chi connectivity index (χ0v) is 33.6. The molecule has 2 aromatic heterocycles. The molecule has 0 saturated heterocycles. The van der Waals surface area contributed by atoms with Gasteiger partial charge >= 0.3 is 0 Å². The lowest BCUT2D eigenvalue weighted by atomic mass is 10.1. The zero-order valence-electron chi connectivity index (χ0n) is 29.6. The average Bonchev–Trinajstić information content (AvgIpc) is 3.14. The molecule has 0 bridgehead atoms. The van der Waals surface area contributed by atoms with Crippen molar-refractivity contribution in [3.8, 4) is 6.07 Å². The molecule has 0 saturated carbocycles. The predicted octanol–water partition coefficient (Wildman–Crippen LogP) is 5.11. The lowest BCUT2D eigenvalue weighted by molar-refractivity contribution is 0.483. The van der Waals surface area contributed by atoms with Gasteiger partial charge in [-0.15, -0.1) is 10.2 Å². The molecule has 4 aromatic rings. The Hall–Kier alpha value is -5.84. The monoisotopic (exact) mass is 877 g/mol. The van der Waals surface area contributed by atoms with Crippen LogP contribution in [-0.4, -0.2) is 82.8 Å². The van der Waals surface area contributed by atoms with E-state index in [0.717, 1.165) is 28.4 Å². The van der Waals surface area contributed by atoms with E-state index in [2.05, 4.69) is 71.2 Å². The first-order valence-corrected chi connectivity index (χ1v) is 22.6. The van der Waals surface area contributed by atoms with Crippen LogP contribution in [-0.2, 0) is 39.6 Å². The van der Waals surface area contributed by atoms with E-state index >= 15 is 0 Å². The first-order valence-electron chi connectivity index (χ1n) is 15.8. The molecule has 0 aliphatic rings. The maximum absolute atomic E-state index is 12.4. The van der Waals surface area contributed by atoms with Crippen molar-refractivity contribution in [2.24, 2.45) is 10.2 Å². The van der Waals surface area contributed by atoms with Crippen LogP contribution in [0.25, 0.3) is 0 Å². The van der Waals surface area contributed by atoms with Gasteiger partial charge in [-0.1, -0.05) is 19.7 Å². The largest absolute Gasteiger partial charge is 0.368 e. The third-order valence-corrected chi connectivity index (χ3v) is 12.4. The van der Waals surface area contributed by atoms with Crippen LogP contribution < -0.4 is 21.3 Å². The van der Waals surface area contributed by atoms with Crippen LogP contribution in [0.1, 0.15) is 11.1 Å². The smallest absolute Gasteiger partial charge is 0.296 e. The van der Waals surface area contributed by atoms with E-state index in [1.165, 1.54) is 37.3 Å². The summed E-state index contributed by atoms with van der Waals surface area (Å²) < 4.78 is 107. The summed E-state index contributed by atoms with van der Waals surface area (Å²) in [5.41, 5.74) is -0.0380. The number of anilines is 6. The molecule has 0 aliphatic carbocycles. The summed E-state index contributed by atoms with van der Waals surface area (Å²) in [5, 5.41) is 31.5. The number of sulfone groups is 3. The van der Waals surface area contributed by atoms with Crippen molar-refractivity contribution in [3.05, 3.63) is 94.8 Å². The molecule has 5 N–H and O–H groups in total. The van der Waals surface area contributed by atoms with Gasteiger partial charge in [-0.05, 0) is 61.0 Å². The molecular weight excluding hydrogens is 846 g/mol. The normalized spacial score (nSPS) is 12.0. The molecule has 57 heavy (non-hydrogen) atoms. The van der Waals surface area contributed by atoms with Crippen molar-refractivity contribution in [3.63, 3.8) is 0 Å². The summed E-state index contributed by atoms with van der Waals surface area (Å²) in [7, 11) is -15.9. The number of benzene rings is 2. The highest BCUT2D eigenvalue weighted by atomic mass is 35.5. The van der Waals surface area contributed by atoms with Crippen LogP contribution in [0, 0.1) is 18.3 Å². The number of aromatic nitrogens is 4. The van der Waals surface area contributed by atoms with E-state index in [-0.39, 0.29) is 75.1 Å². The molecule has 2 heterocycles. The molecular formula is C32H32ClN11O9S4. The van der Waals surface area contributed by atoms with Crippen LogP contribution in [0.4, 0.5) is 46.3 Å². The second-order valence-corrected chi connectivity index (χ2v) is 19.0. The third kappa shape index (κ3) is 11.8. The molecule has 0 amide bonds. The van der Waals surface area contributed by atoms with Gasteiger partial charge in [0.2, 0.25) is 17.2 Å². The topological polar surface area (TPSA) is 305 Å². The number of nitriles is 1. The Morgan fingerprint density at radius 2 is 1.32 bits per heavy atom. The maximum Gasteiger partial charge on any atom is 0.296 e. The minimum absolute atomic E-state index is 0.00668. The van der Waals surface area contributed by atoms with Gasteiger partial charge in [-0.25, -0.2) is 30.2 Å². The fraction of sp³-hybridized carbons (Fsp3) is 0.156. The molecule has 25 heteroatoms. The Labute approximate surface area is 333 Å². The number of halogens is 1. The SMILES string of the molecule is C=CS(=O)(=O)CCNc1nc(NCCS(=O)(=O)C=C)c(/N=N/c2cc(Nc3nc(Cl)nc(Nc4ccc(S(=O)(=O)C=C)cc4)n3)ccc2S(=O)(=O)O)c(C)c1C#N. The summed E-state index contributed by atoms with van der Waals surface area (Å²) in [6, 6.07) is 10.9. The number of pyridine rings is 1. The van der Waals surface area contributed by atoms with Gasteiger partial charge in [-0.3, -0.25) is 4.55 Å². The van der Waals surface area contributed by atoms with Crippen LogP contribution in [0.5, 0.6) is 0 Å². The third-order valence-electron chi connectivity index (χ3n) is 7.41. The molecule has 0 fully saturated rings. The van der Waals surface area contributed by atoms with Gasteiger partial charge in [0.25, 0.3) is 10.1 Å². The Morgan fingerprint density at radius 3 is 1.84 bits per heavy atom. The number of hydrogen-bond acceptors (Lipinski definition) is 19. The molecule has 300 valence electrons. The van der Waals surface area contributed by atoms with Gasteiger partial charge in [0.15, 0.2) is 35.3 Å². The molecule has 0 aliphatic heterocycles. The fourth-order valence-electron chi connectivity index (χ4n) is 4.53. The minimum Gasteiger partial charge on any atom is -0.368 e. The number of nitrogens with one attached hydrogen (secondary N) is 4. The zero-order chi connectivity index (χ0) is 42.2. The standard InChI is InChI=1S/C32H32ClN11O9S4/c1-5-54(45,46)16-14-35-28-24(19-34)20(4)27(29(39-28)36-15-17-55(47,48)6-2)44-43-25-18-22(10-13-26(25)57(51,52)53)38-32-41-30(33)40-31(42-32)37-21-8-11-23(12-9-21)56(49,50)7-3/h5-13,18H,1-3,14-17H2,4H3,(H2,35,36,39)(H,51,52,53)(H2,37,38,40,41,42)/b44-43+. The molecule has 0 spiro atoms. The lowest BCUT2D eigenvalue weighted by Gasteiger charge is -2.15. The second-order valence-electron chi connectivity index (χ2n) is 11.3. The van der Waals surface area contributed by atoms with E-state index in [1.54, 1.807) is 0 Å². The fourth-order valence-corrected chi connectivity index (χ4v) is 7.11. The summed E-state index contributed by atoms with van der Waals surface area (Å²) in [6.07, 6.45) is 0. The maximum atomic E-state index is 12.4. The Morgan fingerprint density at radius 1 is 0.772 bits per heavy atom. The molecule has 0 unspecified atom stereocenters. The van der Waals surface area contributed by atoms with E-state index < -0.39 is 56.0 Å². The molecule has 0 atom stereocenters. The van der Waals surface area contributed by atoms with Crippen LogP contribution in [0.15, 0.2) is 98.4 Å². The Bertz CT molecular complexity index is 2760. The molecule has 0 radical (unpaired) electrons. The van der Waals surface area contributed by atoms with Crippen molar-refractivity contribution >= 4 is 97.5 Å². The van der Waals surface area contributed by atoms with E-state index in [1.807, 2.05) is 6.07 Å². The first kappa shape index (κ1) is 43.9. The summed E-state index contributed by atoms with van der Waals surface area (Å²) in [6.45, 7) is 10.8. The van der Waals surface area contributed by atoms with Gasteiger partial charge in [0.1, 0.15) is 28.2 Å². The average molecular weight is 878 g/mol. The highest BCUT2D eigenvalue weighted by Crippen LogP contribution is 2.37. The summed E-state index contributed by atoms with van der Waals surface area (Å²) >= 11 is 6.12. The number of rotatable bonds is 19. The van der Waals surface area contributed by atoms with Crippen molar-refractivity contribution in [1.82, 2.24) is 19.9 Å². The van der Waals surface area contributed by atoms with Crippen LogP contribution in [0.2, 0.25) is 5.28 Å². The number of hydrogen-bond donors (Lipinski definition) is 5. The lowest BCUT2D eigenvalue weighted by Crippen LogP contribution is -2.17. The van der Waals surface area contributed by atoms with Gasteiger partial charge in [0, 0.05) is 46.3 Å².